The average Bonchev–Trinajstić information content (AvgIpc) is 3.85. The van der Waals surface area contributed by atoms with Crippen molar-refractivity contribution in [2.45, 2.75) is 69.4 Å². The molecule has 0 radical (unpaired) electrons. The van der Waals surface area contributed by atoms with Gasteiger partial charge in [-0.05, 0) is 36.8 Å². The van der Waals surface area contributed by atoms with Crippen molar-refractivity contribution in [3.8, 4) is 5.88 Å². The molecule has 1 aliphatic carbocycles. The summed E-state index contributed by atoms with van der Waals surface area (Å²) in [7, 11) is -2.71. The summed E-state index contributed by atoms with van der Waals surface area (Å²) < 4.78 is 50.0. The summed E-state index contributed by atoms with van der Waals surface area (Å²) in [6.07, 6.45) is 1.36. The Hall–Kier alpha value is -4.14. The molecule has 23 heteroatoms. The van der Waals surface area contributed by atoms with E-state index >= 15 is 0 Å². The van der Waals surface area contributed by atoms with Crippen molar-refractivity contribution in [1.82, 2.24) is 34.8 Å². The van der Waals surface area contributed by atoms with Gasteiger partial charge in [0.15, 0.2) is 23.5 Å². The predicted molar refractivity (Wildman–Crippen MR) is 191 cm³/mol. The van der Waals surface area contributed by atoms with Gasteiger partial charge in [0.25, 0.3) is 11.5 Å². The molecule has 2 unspecified atom stereocenters. The predicted octanol–water partition coefficient (Wildman–Crippen LogP) is 1.96. The number of amides is 2. The first kappa shape index (κ1) is 38.1. The topological polar surface area (TPSA) is 266 Å². The molecule has 54 heavy (non-hydrogen) atoms. The van der Waals surface area contributed by atoms with Crippen LogP contribution in [-0.2, 0) is 50.5 Å². The molecule has 7 rings (SSSR count). The van der Waals surface area contributed by atoms with Gasteiger partial charge in [0.1, 0.15) is 19.0 Å². The van der Waals surface area contributed by atoms with Crippen molar-refractivity contribution < 1.29 is 46.6 Å². The fraction of sp³-hybridized carbons (Fsp3) is 0.452. The Labute approximate surface area is 312 Å². The van der Waals surface area contributed by atoms with Gasteiger partial charge in [-0.25, -0.2) is 15.0 Å². The van der Waals surface area contributed by atoms with Crippen LogP contribution in [0.2, 0.25) is 0 Å². The van der Waals surface area contributed by atoms with Crippen molar-refractivity contribution in [2.24, 2.45) is 11.7 Å². The van der Waals surface area contributed by atoms with E-state index in [1.54, 1.807) is 43.5 Å². The van der Waals surface area contributed by atoms with Crippen LogP contribution in [0.3, 0.4) is 0 Å². The minimum Gasteiger partial charge on any atom is -0.474 e. The number of nitrogens with two attached hydrogens (primary N) is 1. The first-order valence-electron chi connectivity index (χ1n) is 16.8. The maximum absolute atomic E-state index is 13.4. The molecule has 4 aromatic rings. The quantitative estimate of drug-likeness (QED) is 0.159. The zero-order valence-electron chi connectivity index (χ0n) is 28.5. The fourth-order valence-corrected chi connectivity index (χ4v) is 8.70. The molecule has 6 N–H and O–H groups in total. The van der Waals surface area contributed by atoms with Crippen molar-refractivity contribution >= 4 is 55.7 Å². The highest BCUT2D eigenvalue weighted by Crippen LogP contribution is 2.51. The van der Waals surface area contributed by atoms with E-state index < -0.39 is 62.9 Å². The number of aromatic nitrogens is 6. The molecule has 286 valence electrons. The molecule has 2 saturated heterocycles. The van der Waals surface area contributed by atoms with Crippen LogP contribution in [0.4, 0.5) is 5.95 Å². The molecule has 5 heterocycles. The number of carbonyl (C=O) groups excluding carboxylic acids is 2. The highest BCUT2D eigenvalue weighted by Gasteiger charge is 2.47. The van der Waals surface area contributed by atoms with Crippen LogP contribution in [0.15, 0.2) is 54.0 Å². The Kier molecular flexibility index (Phi) is 11.5. The number of imidazole rings is 1. The summed E-state index contributed by atoms with van der Waals surface area (Å²) in [5, 5.41) is 5.27. The molecule has 2 aliphatic heterocycles. The number of hydrogen-bond donors (Lipinski definition) is 5. The van der Waals surface area contributed by atoms with Gasteiger partial charge < -0.3 is 34.5 Å². The third-order valence-electron chi connectivity index (χ3n) is 8.95. The lowest BCUT2D eigenvalue weighted by molar-refractivity contribution is -0.122. The van der Waals surface area contributed by atoms with E-state index in [-0.39, 0.29) is 60.9 Å². The lowest BCUT2D eigenvalue weighted by Crippen LogP contribution is -2.38. The lowest BCUT2D eigenvalue weighted by atomic mass is 10.1. The first-order chi connectivity index (χ1) is 25.9. The van der Waals surface area contributed by atoms with E-state index in [1.807, 2.05) is 0 Å². The Balaban J connectivity index is 1.09. The molecule has 0 spiro atoms. The van der Waals surface area contributed by atoms with Crippen LogP contribution in [0.1, 0.15) is 48.3 Å². The monoisotopic (exact) mass is 804 g/mol. The van der Waals surface area contributed by atoms with Gasteiger partial charge >= 0.3 is 15.0 Å². The van der Waals surface area contributed by atoms with Crippen LogP contribution < -0.4 is 26.7 Å². The number of nitrogens with one attached hydrogen (secondary N) is 3. The molecular formula is C31H36N9O11P2S+. The maximum atomic E-state index is 13.4. The number of hydrogen-bond acceptors (Lipinski definition) is 16. The second-order valence-corrected chi connectivity index (χ2v) is 16.5. The Morgan fingerprint density at radius 3 is 2.83 bits per heavy atom. The fourth-order valence-electron chi connectivity index (χ4n) is 6.38. The molecule has 2 bridgehead atoms. The average molecular weight is 805 g/mol. The van der Waals surface area contributed by atoms with Gasteiger partial charge in [-0.2, -0.15) is 4.98 Å². The highest BCUT2D eigenvalue weighted by molar-refractivity contribution is 8.07. The summed E-state index contributed by atoms with van der Waals surface area (Å²) in [6.45, 7) is -2.51. The Morgan fingerprint density at radius 1 is 1.20 bits per heavy atom. The standard InChI is InChI=1S/C31H35N9O11P2S/c1-16(32)27(41)34-11-17-4-2-3-5-21(17)28(42)38-31-37-26-25(29(43)39-31)36-15-40(26)30-23-10-20(49-30)13-47-53(45,54)51-22-9-19(48-24-6-7-33-14-35-24)8-18(22)12-46-52(44)50-23/h2-7,14-16,18-20,22-23,30H,8-13,32H2,1H3,(H3-,34,37,38,39,41,42,43,45,54)/p+1/t16-,18+,19+,20-,22-,23+,30+,53?/m0/s1. The third kappa shape index (κ3) is 8.87. The Bertz CT molecular complexity index is 2140. The van der Waals surface area contributed by atoms with Crippen LogP contribution >= 0.6 is 15.0 Å². The zero-order valence-corrected chi connectivity index (χ0v) is 31.2. The molecular weight excluding hydrogens is 768 g/mol. The number of nitrogens with zero attached hydrogens (tertiary/aromatic N) is 5. The van der Waals surface area contributed by atoms with Crippen LogP contribution in [0.5, 0.6) is 5.88 Å². The summed E-state index contributed by atoms with van der Waals surface area (Å²) in [4.78, 5) is 68.7. The summed E-state index contributed by atoms with van der Waals surface area (Å²) >= 11 is 5.36. The second kappa shape index (κ2) is 16.3. The van der Waals surface area contributed by atoms with E-state index in [4.69, 9.17) is 45.1 Å². The number of fused-ring (bicyclic) bond motifs is 4. The number of carbonyl (C=O) groups is 2. The van der Waals surface area contributed by atoms with Crippen molar-refractivity contribution in [3.63, 3.8) is 0 Å². The number of H-pyrrole nitrogens is 1. The summed E-state index contributed by atoms with van der Waals surface area (Å²) in [5.41, 5.74) is 5.63. The molecule has 1 aromatic carbocycles. The van der Waals surface area contributed by atoms with Gasteiger partial charge in [-0.1, -0.05) is 18.2 Å². The van der Waals surface area contributed by atoms with Gasteiger partial charge in [-0.15, -0.1) is 9.05 Å². The van der Waals surface area contributed by atoms with E-state index in [0.29, 0.717) is 24.3 Å². The van der Waals surface area contributed by atoms with Crippen LogP contribution in [-0.4, -0.2) is 89.9 Å². The van der Waals surface area contributed by atoms with Gasteiger partial charge in [-0.3, -0.25) is 29.3 Å². The Morgan fingerprint density at radius 2 is 2.04 bits per heavy atom. The number of rotatable bonds is 8. The van der Waals surface area contributed by atoms with Crippen molar-refractivity contribution in [3.05, 3.63) is 70.7 Å². The van der Waals surface area contributed by atoms with Gasteiger partial charge in [0.2, 0.25) is 17.7 Å². The van der Waals surface area contributed by atoms with Crippen LogP contribution in [0, 0.1) is 5.92 Å². The normalized spacial score (nSPS) is 28.6. The van der Waals surface area contributed by atoms with E-state index in [1.165, 1.54) is 17.2 Å². The molecule has 3 aliphatic rings. The van der Waals surface area contributed by atoms with Gasteiger partial charge in [0.05, 0.1) is 31.2 Å². The lowest BCUT2D eigenvalue weighted by Gasteiger charge is -2.24. The number of anilines is 1. The molecule has 20 nitrogen and oxygen atoms in total. The van der Waals surface area contributed by atoms with Crippen molar-refractivity contribution in [2.75, 3.05) is 18.5 Å². The molecule has 2 amide bonds. The second-order valence-electron chi connectivity index (χ2n) is 12.8. The number of aromatic amines is 1. The SMILES string of the molecule is C[C@H](N)C(=O)NCc1ccccc1C(=O)Nc1nc2c(ncn2[C@@H]2O[C@@H]3COP(O)(=S)O[C@H]4C[C@H](Oc5ccncn5)C[C@@H]4CO[P+](=O)O[C@@H]2C3)c(=O)[nH]1. The molecule has 1 saturated carbocycles. The first-order valence-corrected chi connectivity index (χ1v) is 20.5. The molecule has 3 aromatic heterocycles. The van der Waals surface area contributed by atoms with Crippen LogP contribution in [0.25, 0.3) is 11.2 Å². The summed E-state index contributed by atoms with van der Waals surface area (Å²) in [5.74, 6) is -1.23. The minimum absolute atomic E-state index is 0.0168. The summed E-state index contributed by atoms with van der Waals surface area (Å²) in [6, 6.07) is 7.46. The molecule has 9 atom stereocenters. The van der Waals surface area contributed by atoms with E-state index in [9.17, 15) is 23.8 Å². The highest BCUT2D eigenvalue weighted by atomic mass is 32.5. The minimum atomic E-state index is -3.81. The third-order valence-corrected chi connectivity index (χ3v) is 11.3. The smallest absolute Gasteiger partial charge is 0.474 e. The zero-order chi connectivity index (χ0) is 38.0. The molecule has 3 fully saturated rings. The number of benzene rings is 1. The number of ether oxygens (including phenoxy) is 2. The van der Waals surface area contributed by atoms with E-state index in [2.05, 4.69) is 35.6 Å². The van der Waals surface area contributed by atoms with Crippen molar-refractivity contribution in [1.29, 1.82) is 0 Å². The maximum Gasteiger partial charge on any atom is 0.697 e. The van der Waals surface area contributed by atoms with E-state index in [0.717, 1.165) is 0 Å². The largest absolute Gasteiger partial charge is 0.697 e. The van der Waals surface area contributed by atoms with Gasteiger partial charge in [0, 0.05) is 47.7 Å².